The molecule has 3 N–H and O–H groups in total. The largest absolute Gasteiger partial charge is 0.496 e. The van der Waals surface area contributed by atoms with Crippen molar-refractivity contribution in [2.45, 2.75) is 18.9 Å². The minimum absolute atomic E-state index is 0.277. The number of hydrogen-bond acceptors (Lipinski definition) is 3. The van der Waals surface area contributed by atoms with Gasteiger partial charge in [0, 0.05) is 28.6 Å². The van der Waals surface area contributed by atoms with Crippen molar-refractivity contribution in [2.75, 3.05) is 13.7 Å². The van der Waals surface area contributed by atoms with Crippen LogP contribution < -0.4 is 10.5 Å². The highest BCUT2D eigenvalue weighted by Gasteiger charge is 2.26. The van der Waals surface area contributed by atoms with Gasteiger partial charge in [0.15, 0.2) is 0 Å². The van der Waals surface area contributed by atoms with Crippen molar-refractivity contribution in [2.24, 2.45) is 5.73 Å². The van der Waals surface area contributed by atoms with E-state index in [1.165, 1.54) is 0 Å². The van der Waals surface area contributed by atoms with Crippen LogP contribution in [0.3, 0.4) is 0 Å². The molecule has 0 saturated heterocycles. The monoisotopic (exact) mass is 305 g/mol. The number of aryl methyl sites for hydroxylation is 1. The van der Waals surface area contributed by atoms with Crippen molar-refractivity contribution in [1.82, 2.24) is 0 Å². The van der Waals surface area contributed by atoms with Crippen molar-refractivity contribution in [3.8, 4) is 5.75 Å². The number of hydrogen-bond donors (Lipinski definition) is 2. The number of methoxy groups -OCH3 is 1. The van der Waals surface area contributed by atoms with Gasteiger partial charge in [-0.3, -0.25) is 0 Å². The number of nitrogens with two attached hydrogens (primary N) is 1. The van der Waals surface area contributed by atoms with E-state index in [-0.39, 0.29) is 5.92 Å². The zero-order valence-corrected chi connectivity index (χ0v) is 13.0. The summed E-state index contributed by atoms with van der Waals surface area (Å²) in [6, 6.07) is 13.2. The summed E-state index contributed by atoms with van der Waals surface area (Å²) in [5, 5.41) is 11.3. The number of para-hydroxylation sites is 1. The smallest absolute Gasteiger partial charge is 0.122 e. The highest BCUT2D eigenvalue weighted by Crippen LogP contribution is 2.38. The Labute approximate surface area is 130 Å². The van der Waals surface area contributed by atoms with Gasteiger partial charge in [-0.25, -0.2) is 0 Å². The van der Waals surface area contributed by atoms with Crippen molar-refractivity contribution in [3.05, 3.63) is 64.2 Å². The molecule has 4 heteroatoms. The molecule has 0 aliphatic rings. The molecule has 0 heterocycles. The number of aliphatic hydroxyl groups excluding tert-OH is 1. The van der Waals surface area contributed by atoms with E-state index in [0.717, 1.165) is 16.9 Å². The van der Waals surface area contributed by atoms with Crippen LogP contribution in [-0.4, -0.2) is 18.8 Å². The Morgan fingerprint density at radius 1 is 1.14 bits per heavy atom. The van der Waals surface area contributed by atoms with Crippen LogP contribution in [0.15, 0.2) is 42.5 Å². The molecule has 0 saturated carbocycles. The third kappa shape index (κ3) is 3.21. The van der Waals surface area contributed by atoms with Gasteiger partial charge in [0.2, 0.25) is 0 Å². The molecule has 2 rings (SSSR count). The third-order valence-corrected chi connectivity index (χ3v) is 4.23. The standard InChI is InChI=1S/C17H20ClNO2/c1-11-6-5-8-13(16(11)18)17(20)14(10-19)12-7-3-4-9-15(12)21-2/h3-9,14,17,20H,10,19H2,1-2H3. The Morgan fingerprint density at radius 2 is 1.81 bits per heavy atom. The first kappa shape index (κ1) is 15.8. The molecule has 0 bridgehead atoms. The van der Waals surface area contributed by atoms with Crippen molar-refractivity contribution in [1.29, 1.82) is 0 Å². The van der Waals surface area contributed by atoms with Crippen LogP contribution in [0.4, 0.5) is 0 Å². The molecule has 0 aliphatic heterocycles. The normalized spacial score (nSPS) is 13.8. The summed E-state index contributed by atoms with van der Waals surface area (Å²) in [4.78, 5) is 0. The fourth-order valence-corrected chi connectivity index (χ4v) is 2.75. The maximum absolute atomic E-state index is 10.7. The zero-order valence-electron chi connectivity index (χ0n) is 12.2. The number of ether oxygens (including phenoxy) is 1. The maximum Gasteiger partial charge on any atom is 0.122 e. The Hall–Kier alpha value is -1.55. The first-order valence-electron chi connectivity index (χ1n) is 6.86. The third-order valence-electron chi connectivity index (χ3n) is 3.71. The van der Waals surface area contributed by atoms with Crippen LogP contribution in [0, 0.1) is 6.92 Å². The van der Waals surface area contributed by atoms with Gasteiger partial charge in [0.1, 0.15) is 5.75 Å². The average molecular weight is 306 g/mol. The van der Waals surface area contributed by atoms with Gasteiger partial charge in [-0.1, -0.05) is 48.0 Å². The first-order chi connectivity index (χ1) is 10.1. The van der Waals surface area contributed by atoms with Crippen molar-refractivity contribution >= 4 is 11.6 Å². The second-order valence-corrected chi connectivity index (χ2v) is 5.39. The van der Waals surface area contributed by atoms with Gasteiger partial charge in [0.25, 0.3) is 0 Å². The molecule has 2 aromatic rings. The molecule has 0 aliphatic carbocycles. The van der Waals surface area contributed by atoms with E-state index in [0.29, 0.717) is 17.1 Å². The average Bonchev–Trinajstić information content (AvgIpc) is 2.51. The summed E-state index contributed by atoms with van der Waals surface area (Å²) in [5.74, 6) is 0.441. The molecular formula is C17H20ClNO2. The van der Waals surface area contributed by atoms with E-state index in [4.69, 9.17) is 22.1 Å². The van der Waals surface area contributed by atoms with Gasteiger partial charge < -0.3 is 15.6 Å². The van der Waals surface area contributed by atoms with Gasteiger partial charge in [-0.05, 0) is 18.6 Å². The Morgan fingerprint density at radius 3 is 2.48 bits per heavy atom. The van der Waals surface area contributed by atoms with E-state index >= 15 is 0 Å². The lowest BCUT2D eigenvalue weighted by atomic mass is 9.88. The number of benzene rings is 2. The minimum atomic E-state index is -0.779. The molecule has 2 unspecified atom stereocenters. The molecule has 2 atom stereocenters. The van der Waals surface area contributed by atoms with E-state index in [1.807, 2.05) is 49.4 Å². The number of rotatable bonds is 5. The SMILES string of the molecule is COc1ccccc1C(CN)C(O)c1cccc(C)c1Cl. The predicted molar refractivity (Wildman–Crippen MR) is 85.9 cm³/mol. The fraction of sp³-hybridized carbons (Fsp3) is 0.294. The summed E-state index contributed by atoms with van der Waals surface area (Å²) in [7, 11) is 1.61. The van der Waals surface area contributed by atoms with E-state index in [2.05, 4.69) is 0 Å². The van der Waals surface area contributed by atoms with E-state index < -0.39 is 6.10 Å². The molecule has 21 heavy (non-hydrogen) atoms. The zero-order chi connectivity index (χ0) is 15.4. The number of aliphatic hydroxyl groups is 1. The van der Waals surface area contributed by atoms with Crippen molar-refractivity contribution in [3.63, 3.8) is 0 Å². The second-order valence-electron chi connectivity index (χ2n) is 5.01. The molecule has 3 nitrogen and oxygen atoms in total. The molecule has 0 radical (unpaired) electrons. The Kier molecular flexibility index (Phi) is 5.23. The summed E-state index contributed by atoms with van der Waals surface area (Å²) >= 11 is 6.32. The van der Waals surface area contributed by atoms with Gasteiger partial charge >= 0.3 is 0 Å². The van der Waals surface area contributed by atoms with Gasteiger partial charge in [0.05, 0.1) is 13.2 Å². The first-order valence-corrected chi connectivity index (χ1v) is 7.24. The highest BCUT2D eigenvalue weighted by molar-refractivity contribution is 6.32. The lowest BCUT2D eigenvalue weighted by Gasteiger charge is -2.25. The van der Waals surface area contributed by atoms with Crippen LogP contribution in [0.25, 0.3) is 0 Å². The molecular weight excluding hydrogens is 286 g/mol. The summed E-state index contributed by atoms with van der Waals surface area (Å²) in [6.07, 6.45) is -0.779. The lowest BCUT2D eigenvalue weighted by molar-refractivity contribution is 0.146. The van der Waals surface area contributed by atoms with Crippen molar-refractivity contribution < 1.29 is 9.84 Å². The quantitative estimate of drug-likeness (QED) is 0.890. The summed E-state index contributed by atoms with van der Waals surface area (Å²) in [6.45, 7) is 2.21. The van der Waals surface area contributed by atoms with E-state index in [9.17, 15) is 5.11 Å². The highest BCUT2D eigenvalue weighted by atomic mass is 35.5. The molecule has 112 valence electrons. The van der Waals surface area contributed by atoms with Crippen LogP contribution in [-0.2, 0) is 0 Å². The predicted octanol–water partition coefficient (Wildman–Crippen LogP) is 3.43. The van der Waals surface area contributed by atoms with Gasteiger partial charge in [-0.15, -0.1) is 0 Å². The van der Waals surface area contributed by atoms with Gasteiger partial charge in [-0.2, -0.15) is 0 Å². The van der Waals surface area contributed by atoms with Crippen LogP contribution in [0.5, 0.6) is 5.75 Å². The fourth-order valence-electron chi connectivity index (χ4n) is 2.51. The van der Waals surface area contributed by atoms with Crippen LogP contribution in [0.1, 0.15) is 28.7 Å². The Balaban J connectivity index is 2.43. The summed E-state index contributed by atoms with van der Waals surface area (Å²) in [5.41, 5.74) is 8.41. The lowest BCUT2D eigenvalue weighted by Crippen LogP contribution is -2.21. The topological polar surface area (TPSA) is 55.5 Å². The minimum Gasteiger partial charge on any atom is -0.496 e. The second kappa shape index (κ2) is 6.94. The maximum atomic E-state index is 10.7. The summed E-state index contributed by atoms with van der Waals surface area (Å²) < 4.78 is 5.37. The number of halogens is 1. The Bertz CT molecular complexity index is 615. The molecule has 0 amide bonds. The van der Waals surface area contributed by atoms with E-state index in [1.54, 1.807) is 7.11 Å². The molecule has 2 aromatic carbocycles. The molecule has 0 fully saturated rings. The van der Waals surface area contributed by atoms with Crippen LogP contribution in [0.2, 0.25) is 5.02 Å². The molecule has 0 aromatic heterocycles. The molecule has 0 spiro atoms. The van der Waals surface area contributed by atoms with Crippen LogP contribution >= 0.6 is 11.6 Å².